The van der Waals surface area contributed by atoms with Crippen molar-refractivity contribution in [1.82, 2.24) is 9.80 Å². The van der Waals surface area contributed by atoms with Gasteiger partial charge in [-0.3, -0.25) is 19.7 Å². The molecule has 2 aliphatic heterocycles. The van der Waals surface area contributed by atoms with Crippen LogP contribution < -0.4 is 5.73 Å². The summed E-state index contributed by atoms with van der Waals surface area (Å²) >= 11 is 0.864. The smallest absolute Gasteiger partial charge is 0.324 e. The van der Waals surface area contributed by atoms with E-state index >= 15 is 0 Å². The number of halogens is 1. The first-order chi connectivity index (χ1) is 12.5. The van der Waals surface area contributed by atoms with E-state index in [0.717, 1.165) is 37.1 Å². The Hall–Kier alpha value is -1.71. The summed E-state index contributed by atoms with van der Waals surface area (Å²) in [5, 5.41) is 10.8. The Morgan fingerprint density at radius 3 is 2.67 bits per heavy atom. The van der Waals surface area contributed by atoms with E-state index < -0.39 is 11.0 Å². The van der Waals surface area contributed by atoms with Gasteiger partial charge in [0.15, 0.2) is 0 Å². The highest BCUT2D eigenvalue weighted by Crippen LogP contribution is 2.38. The standard InChI is InChI=1S/C17H22N4O4S.ClH/c18-12-4-3-10-8-19(9-11(10)12)16(22)13-2-1-7-20(13)17(23)14-5-6-15(26-14)21(24)25;/h5-6,10-13H,1-4,7-9,18H2;1H. The molecule has 3 aliphatic rings. The highest BCUT2D eigenvalue weighted by atomic mass is 35.5. The SMILES string of the molecule is Cl.NC1CCC2CN(C(=O)C3CCCN3C(=O)c3ccc([N+](=O)[O-])s3)CC12. The number of carbonyl (C=O) groups excluding carboxylic acids is 2. The second-order valence-electron chi connectivity index (χ2n) is 7.46. The van der Waals surface area contributed by atoms with E-state index in [1.165, 1.54) is 12.1 Å². The molecule has 2 saturated heterocycles. The third-order valence-electron chi connectivity index (χ3n) is 6.01. The largest absolute Gasteiger partial charge is 0.340 e. The van der Waals surface area contributed by atoms with Crippen LogP contribution in [0, 0.1) is 22.0 Å². The molecule has 3 fully saturated rings. The lowest BCUT2D eigenvalue weighted by molar-refractivity contribution is -0.380. The average Bonchev–Trinajstić information content (AvgIpc) is 3.39. The van der Waals surface area contributed by atoms with Crippen LogP contribution >= 0.6 is 23.7 Å². The van der Waals surface area contributed by atoms with E-state index in [-0.39, 0.29) is 35.3 Å². The zero-order chi connectivity index (χ0) is 18.4. The Morgan fingerprint density at radius 2 is 2.00 bits per heavy atom. The average molecular weight is 415 g/mol. The molecule has 10 heteroatoms. The minimum absolute atomic E-state index is 0. The summed E-state index contributed by atoms with van der Waals surface area (Å²) < 4.78 is 0. The number of nitro groups is 1. The van der Waals surface area contributed by atoms with Gasteiger partial charge >= 0.3 is 5.00 Å². The number of likely N-dealkylation sites (tertiary alicyclic amines) is 2. The Bertz CT molecular complexity index is 757. The van der Waals surface area contributed by atoms with Crippen molar-refractivity contribution in [2.75, 3.05) is 19.6 Å². The number of fused-ring (bicyclic) bond motifs is 1. The molecule has 2 amide bonds. The van der Waals surface area contributed by atoms with Gasteiger partial charge in [0.25, 0.3) is 5.91 Å². The first kappa shape index (κ1) is 20.0. The van der Waals surface area contributed by atoms with Crippen molar-refractivity contribution in [1.29, 1.82) is 0 Å². The van der Waals surface area contributed by atoms with Crippen molar-refractivity contribution in [3.63, 3.8) is 0 Å². The number of hydrogen-bond acceptors (Lipinski definition) is 6. The fraction of sp³-hybridized carbons (Fsp3) is 0.647. The van der Waals surface area contributed by atoms with E-state index in [0.29, 0.717) is 36.2 Å². The summed E-state index contributed by atoms with van der Waals surface area (Å²) in [5.74, 6) is 0.586. The number of nitrogens with zero attached hydrogens (tertiary/aromatic N) is 3. The highest BCUT2D eigenvalue weighted by molar-refractivity contribution is 7.17. The minimum atomic E-state index is -0.500. The van der Waals surface area contributed by atoms with Gasteiger partial charge in [-0.15, -0.1) is 12.4 Å². The first-order valence-corrected chi connectivity index (χ1v) is 9.87. The normalized spacial score (nSPS) is 29.5. The lowest BCUT2D eigenvalue weighted by atomic mass is 9.98. The lowest BCUT2D eigenvalue weighted by Crippen LogP contribution is -2.47. The third-order valence-corrected chi connectivity index (χ3v) is 7.03. The molecule has 4 atom stereocenters. The molecule has 4 unspecified atom stereocenters. The number of thiophene rings is 1. The van der Waals surface area contributed by atoms with Crippen molar-refractivity contribution in [3.8, 4) is 0 Å². The van der Waals surface area contributed by atoms with E-state index in [1.54, 1.807) is 4.90 Å². The Kier molecular flexibility index (Phi) is 5.73. The van der Waals surface area contributed by atoms with Crippen LogP contribution in [0.3, 0.4) is 0 Å². The lowest BCUT2D eigenvalue weighted by Gasteiger charge is -2.28. The molecule has 3 heterocycles. The second kappa shape index (κ2) is 7.73. The Labute approximate surface area is 167 Å². The molecule has 4 rings (SSSR count). The predicted octanol–water partition coefficient (Wildman–Crippen LogP) is 1.88. The fourth-order valence-electron chi connectivity index (χ4n) is 4.65. The van der Waals surface area contributed by atoms with E-state index in [1.807, 2.05) is 4.90 Å². The van der Waals surface area contributed by atoms with Crippen LogP contribution in [-0.2, 0) is 4.79 Å². The monoisotopic (exact) mass is 414 g/mol. The summed E-state index contributed by atoms with van der Waals surface area (Å²) in [4.78, 5) is 39.9. The van der Waals surface area contributed by atoms with Crippen molar-refractivity contribution < 1.29 is 14.5 Å². The Balaban J connectivity index is 0.00000210. The van der Waals surface area contributed by atoms with Crippen LogP contribution in [0.5, 0.6) is 0 Å². The molecule has 1 aliphatic carbocycles. The topological polar surface area (TPSA) is 110 Å². The van der Waals surface area contributed by atoms with Crippen molar-refractivity contribution in [2.24, 2.45) is 17.6 Å². The van der Waals surface area contributed by atoms with Gasteiger partial charge in [0.05, 0.1) is 9.80 Å². The summed E-state index contributed by atoms with van der Waals surface area (Å²) in [5.41, 5.74) is 6.16. The van der Waals surface area contributed by atoms with Gasteiger partial charge in [-0.1, -0.05) is 11.3 Å². The van der Waals surface area contributed by atoms with Crippen molar-refractivity contribution >= 4 is 40.6 Å². The number of amides is 2. The molecular weight excluding hydrogens is 392 g/mol. The molecule has 0 radical (unpaired) electrons. The molecule has 148 valence electrons. The third kappa shape index (κ3) is 3.55. The number of carbonyl (C=O) groups is 2. The van der Waals surface area contributed by atoms with Crippen molar-refractivity contribution in [3.05, 3.63) is 27.1 Å². The number of rotatable bonds is 3. The van der Waals surface area contributed by atoms with E-state index in [9.17, 15) is 19.7 Å². The molecule has 1 aromatic rings. The maximum Gasteiger partial charge on any atom is 0.324 e. The van der Waals surface area contributed by atoms with E-state index in [4.69, 9.17) is 5.73 Å². The van der Waals surface area contributed by atoms with Gasteiger partial charge in [-0.05, 0) is 43.6 Å². The number of hydrogen-bond donors (Lipinski definition) is 1. The van der Waals surface area contributed by atoms with Crippen LogP contribution in [0.25, 0.3) is 0 Å². The molecule has 0 aromatic carbocycles. The molecular formula is C17H23ClN4O4S. The van der Waals surface area contributed by atoms with Gasteiger partial charge in [-0.25, -0.2) is 0 Å². The zero-order valence-corrected chi connectivity index (χ0v) is 16.4. The van der Waals surface area contributed by atoms with E-state index in [2.05, 4.69) is 0 Å². The summed E-state index contributed by atoms with van der Waals surface area (Å²) in [6, 6.07) is 2.53. The van der Waals surface area contributed by atoms with Gasteiger partial charge in [0.1, 0.15) is 6.04 Å². The molecule has 1 saturated carbocycles. The molecule has 0 spiro atoms. The molecule has 2 N–H and O–H groups in total. The van der Waals surface area contributed by atoms with Crippen molar-refractivity contribution in [2.45, 2.75) is 37.8 Å². The van der Waals surface area contributed by atoms with Crippen LogP contribution in [-0.4, -0.2) is 58.3 Å². The van der Waals surface area contributed by atoms with Gasteiger partial charge in [0, 0.05) is 31.7 Å². The van der Waals surface area contributed by atoms with Gasteiger partial charge < -0.3 is 15.5 Å². The summed E-state index contributed by atoms with van der Waals surface area (Å²) in [6.07, 6.45) is 3.52. The maximum atomic E-state index is 13.0. The molecule has 8 nitrogen and oxygen atoms in total. The first-order valence-electron chi connectivity index (χ1n) is 9.05. The van der Waals surface area contributed by atoms with Gasteiger partial charge in [0.2, 0.25) is 5.91 Å². The summed E-state index contributed by atoms with van der Waals surface area (Å²) in [7, 11) is 0. The summed E-state index contributed by atoms with van der Waals surface area (Å²) in [6.45, 7) is 1.94. The van der Waals surface area contributed by atoms with Crippen LogP contribution in [0.15, 0.2) is 12.1 Å². The zero-order valence-electron chi connectivity index (χ0n) is 14.8. The number of nitrogens with two attached hydrogens (primary N) is 1. The second-order valence-corrected chi connectivity index (χ2v) is 8.52. The molecule has 27 heavy (non-hydrogen) atoms. The quantitative estimate of drug-likeness (QED) is 0.599. The van der Waals surface area contributed by atoms with Crippen LogP contribution in [0.4, 0.5) is 5.00 Å². The fourth-order valence-corrected chi connectivity index (χ4v) is 5.42. The molecule has 1 aromatic heterocycles. The Morgan fingerprint density at radius 1 is 1.22 bits per heavy atom. The van der Waals surface area contributed by atoms with Crippen LogP contribution in [0.1, 0.15) is 35.4 Å². The molecule has 0 bridgehead atoms. The highest BCUT2D eigenvalue weighted by Gasteiger charge is 2.45. The maximum absolute atomic E-state index is 13.0. The van der Waals surface area contributed by atoms with Gasteiger partial charge in [-0.2, -0.15) is 0 Å². The van der Waals surface area contributed by atoms with Crippen LogP contribution in [0.2, 0.25) is 0 Å². The minimum Gasteiger partial charge on any atom is -0.340 e. The predicted molar refractivity (Wildman–Crippen MR) is 103 cm³/mol.